The minimum absolute atomic E-state index is 0.0204. The smallest absolute Gasteiger partial charge is 0.220 e. The van der Waals surface area contributed by atoms with E-state index in [0.717, 1.165) is 19.3 Å². The Bertz CT molecular complexity index is 216. The average molecular weight is 228 g/mol. The van der Waals surface area contributed by atoms with Crippen molar-refractivity contribution in [2.75, 3.05) is 6.54 Å². The molecule has 94 valence electrons. The Labute approximate surface area is 97.4 Å². The molecule has 0 saturated heterocycles. The normalized spacial score (nSPS) is 12.1. The highest BCUT2D eigenvalue weighted by Crippen LogP contribution is 2.11. The first-order valence-corrected chi connectivity index (χ1v) is 6.06. The second kappa shape index (κ2) is 9.19. The molecule has 16 heavy (non-hydrogen) atoms. The van der Waals surface area contributed by atoms with E-state index in [1.807, 2.05) is 0 Å². The zero-order chi connectivity index (χ0) is 12.4. The van der Waals surface area contributed by atoms with Crippen LogP contribution in [0.1, 0.15) is 52.4 Å². The highest BCUT2D eigenvalue weighted by atomic mass is 16.4. The van der Waals surface area contributed by atoms with E-state index >= 15 is 0 Å². The second-order valence-corrected chi connectivity index (χ2v) is 4.09. The zero-order valence-electron chi connectivity index (χ0n) is 10.3. The number of hydrogen-bond acceptors (Lipinski definition) is 3. The Morgan fingerprint density at radius 3 is 2.44 bits per heavy atom. The maximum atomic E-state index is 11.2. The van der Waals surface area contributed by atoms with Gasteiger partial charge >= 0.3 is 0 Å². The lowest BCUT2D eigenvalue weighted by Gasteiger charge is -2.15. The second-order valence-electron chi connectivity index (χ2n) is 4.09. The summed E-state index contributed by atoms with van der Waals surface area (Å²) < 4.78 is 0. The van der Waals surface area contributed by atoms with Gasteiger partial charge in [0.2, 0.25) is 5.91 Å². The molecule has 1 N–H and O–H groups in total. The highest BCUT2D eigenvalue weighted by Gasteiger charge is 2.07. The largest absolute Gasteiger partial charge is 0.550 e. The van der Waals surface area contributed by atoms with Crippen molar-refractivity contribution >= 4 is 11.9 Å². The third kappa shape index (κ3) is 8.26. The Balaban J connectivity index is 3.66. The first kappa shape index (κ1) is 14.9. The maximum Gasteiger partial charge on any atom is 0.220 e. The van der Waals surface area contributed by atoms with Crippen molar-refractivity contribution in [1.29, 1.82) is 0 Å². The minimum Gasteiger partial charge on any atom is -0.550 e. The molecule has 0 spiro atoms. The van der Waals surface area contributed by atoms with Crippen LogP contribution in [0.2, 0.25) is 0 Å². The van der Waals surface area contributed by atoms with E-state index in [1.165, 1.54) is 6.42 Å². The molecule has 0 aromatic carbocycles. The lowest BCUT2D eigenvalue weighted by Crippen LogP contribution is -2.31. The summed E-state index contributed by atoms with van der Waals surface area (Å²) in [6, 6.07) is 0. The van der Waals surface area contributed by atoms with Gasteiger partial charge in [-0.2, -0.15) is 0 Å². The number of amides is 1. The summed E-state index contributed by atoms with van der Waals surface area (Å²) in [5, 5.41) is 12.9. The van der Waals surface area contributed by atoms with E-state index in [1.54, 1.807) is 0 Å². The van der Waals surface area contributed by atoms with Crippen molar-refractivity contribution in [2.45, 2.75) is 52.4 Å². The number of hydrogen-bond donors (Lipinski definition) is 1. The topological polar surface area (TPSA) is 69.2 Å². The number of carboxylic acids is 1. The van der Waals surface area contributed by atoms with Crippen molar-refractivity contribution in [3.05, 3.63) is 0 Å². The van der Waals surface area contributed by atoms with Crippen molar-refractivity contribution < 1.29 is 14.7 Å². The van der Waals surface area contributed by atoms with Crippen LogP contribution in [-0.2, 0) is 9.59 Å². The summed E-state index contributed by atoms with van der Waals surface area (Å²) in [5.41, 5.74) is 0. The number of aliphatic carboxylic acids is 1. The van der Waals surface area contributed by atoms with E-state index in [4.69, 9.17) is 0 Å². The lowest BCUT2D eigenvalue weighted by atomic mass is 9.99. The summed E-state index contributed by atoms with van der Waals surface area (Å²) in [4.78, 5) is 21.4. The zero-order valence-corrected chi connectivity index (χ0v) is 10.3. The molecule has 1 atom stereocenters. The molecule has 0 aliphatic carbocycles. The molecule has 0 aliphatic heterocycles. The maximum absolute atomic E-state index is 11.2. The van der Waals surface area contributed by atoms with Crippen LogP contribution in [0.3, 0.4) is 0 Å². The van der Waals surface area contributed by atoms with Crippen LogP contribution in [0.15, 0.2) is 0 Å². The van der Waals surface area contributed by atoms with Crippen LogP contribution in [0.5, 0.6) is 0 Å². The molecule has 0 aromatic heterocycles. The Hall–Kier alpha value is -1.06. The van der Waals surface area contributed by atoms with Crippen LogP contribution >= 0.6 is 0 Å². The SMILES string of the molecule is CCCC[C@H](CC)CNC(=O)CCC(=O)[O-]. The fraction of sp³-hybridized carbons (Fsp3) is 0.833. The van der Waals surface area contributed by atoms with Gasteiger partial charge in [0.1, 0.15) is 0 Å². The summed E-state index contributed by atoms with van der Waals surface area (Å²) in [6.07, 6.45) is 4.32. The Morgan fingerprint density at radius 2 is 1.94 bits per heavy atom. The van der Waals surface area contributed by atoms with E-state index in [9.17, 15) is 14.7 Å². The van der Waals surface area contributed by atoms with Crippen molar-refractivity contribution in [3.8, 4) is 0 Å². The molecule has 0 rings (SSSR count). The molecular formula is C12H22NO3-. The molecule has 0 aliphatic rings. The van der Waals surface area contributed by atoms with Gasteiger partial charge in [-0.05, 0) is 18.8 Å². The van der Waals surface area contributed by atoms with Crippen LogP contribution < -0.4 is 10.4 Å². The van der Waals surface area contributed by atoms with Gasteiger partial charge in [0.05, 0.1) is 0 Å². The fourth-order valence-electron chi connectivity index (χ4n) is 1.51. The number of carbonyl (C=O) groups is 2. The standard InChI is InChI=1S/C12H23NO3/c1-3-5-6-10(4-2)9-13-11(14)7-8-12(15)16/h10H,3-9H2,1-2H3,(H,13,14)(H,15,16)/p-1/t10-/m0/s1. The van der Waals surface area contributed by atoms with Gasteiger partial charge in [-0.1, -0.05) is 33.1 Å². The minimum atomic E-state index is -1.17. The number of carbonyl (C=O) groups excluding carboxylic acids is 2. The summed E-state index contributed by atoms with van der Waals surface area (Å²) in [6.45, 7) is 4.90. The quantitative estimate of drug-likeness (QED) is 0.636. The summed E-state index contributed by atoms with van der Waals surface area (Å²) in [7, 11) is 0. The lowest BCUT2D eigenvalue weighted by molar-refractivity contribution is -0.305. The van der Waals surface area contributed by atoms with E-state index in [0.29, 0.717) is 12.5 Å². The number of unbranched alkanes of at least 4 members (excludes halogenated alkanes) is 1. The predicted octanol–water partition coefficient (Wildman–Crippen LogP) is 0.849. The first-order valence-electron chi connectivity index (χ1n) is 6.06. The molecule has 4 heteroatoms. The van der Waals surface area contributed by atoms with Crippen LogP contribution in [0.25, 0.3) is 0 Å². The molecule has 0 aromatic rings. The fourth-order valence-corrected chi connectivity index (χ4v) is 1.51. The Kier molecular flexibility index (Phi) is 8.58. The number of carboxylic acid groups (broad SMARTS) is 1. The molecule has 0 heterocycles. The summed E-state index contributed by atoms with van der Waals surface area (Å²) in [5.74, 6) is -0.862. The highest BCUT2D eigenvalue weighted by molar-refractivity contribution is 5.79. The predicted molar refractivity (Wildman–Crippen MR) is 60.6 cm³/mol. The van der Waals surface area contributed by atoms with E-state index < -0.39 is 5.97 Å². The van der Waals surface area contributed by atoms with Crippen molar-refractivity contribution in [1.82, 2.24) is 5.32 Å². The van der Waals surface area contributed by atoms with Gasteiger partial charge in [-0.15, -0.1) is 0 Å². The molecule has 1 amide bonds. The molecule has 0 unspecified atom stereocenters. The third-order valence-corrected chi connectivity index (χ3v) is 2.69. The molecule has 0 radical (unpaired) electrons. The van der Waals surface area contributed by atoms with Gasteiger partial charge in [0.15, 0.2) is 0 Å². The van der Waals surface area contributed by atoms with Crippen LogP contribution in [0.4, 0.5) is 0 Å². The van der Waals surface area contributed by atoms with Gasteiger partial charge in [-0.3, -0.25) is 4.79 Å². The molecular weight excluding hydrogens is 206 g/mol. The van der Waals surface area contributed by atoms with Crippen molar-refractivity contribution in [2.24, 2.45) is 5.92 Å². The van der Waals surface area contributed by atoms with Crippen LogP contribution in [0, 0.1) is 5.92 Å². The van der Waals surface area contributed by atoms with Gasteiger partial charge in [0.25, 0.3) is 0 Å². The molecule has 0 fully saturated rings. The monoisotopic (exact) mass is 228 g/mol. The number of nitrogens with one attached hydrogen (secondary N) is 1. The number of rotatable bonds is 9. The first-order chi connectivity index (χ1) is 7.60. The van der Waals surface area contributed by atoms with Gasteiger partial charge in [-0.25, -0.2) is 0 Å². The van der Waals surface area contributed by atoms with E-state index in [-0.39, 0.29) is 18.7 Å². The Morgan fingerprint density at radius 1 is 1.25 bits per heavy atom. The van der Waals surface area contributed by atoms with Gasteiger partial charge in [0, 0.05) is 18.9 Å². The average Bonchev–Trinajstić information content (AvgIpc) is 2.26. The van der Waals surface area contributed by atoms with E-state index in [2.05, 4.69) is 19.2 Å². The summed E-state index contributed by atoms with van der Waals surface area (Å²) >= 11 is 0. The third-order valence-electron chi connectivity index (χ3n) is 2.69. The molecule has 4 nitrogen and oxygen atoms in total. The van der Waals surface area contributed by atoms with Gasteiger partial charge < -0.3 is 15.2 Å². The molecule has 0 bridgehead atoms. The molecule has 0 saturated carbocycles. The van der Waals surface area contributed by atoms with Crippen molar-refractivity contribution in [3.63, 3.8) is 0 Å². The van der Waals surface area contributed by atoms with Crippen LogP contribution in [-0.4, -0.2) is 18.4 Å².